The van der Waals surface area contributed by atoms with E-state index in [0.717, 1.165) is 6.54 Å². The molecule has 0 aromatic carbocycles. The second-order valence-electron chi connectivity index (χ2n) is 3.33. The highest BCUT2D eigenvalue weighted by Crippen LogP contribution is 2.10. The lowest BCUT2D eigenvalue weighted by molar-refractivity contribution is 0.520. The van der Waals surface area contributed by atoms with E-state index in [4.69, 9.17) is 0 Å². The minimum Gasteiger partial charge on any atom is -0.318 e. The van der Waals surface area contributed by atoms with Crippen LogP contribution in [0, 0.1) is 0 Å². The van der Waals surface area contributed by atoms with Crippen molar-refractivity contribution >= 4 is 10.0 Å². The fourth-order valence-electron chi connectivity index (χ4n) is 1.04. The topological polar surface area (TPSA) is 67.2 Å². The Balaban J connectivity index is 2.85. The summed E-state index contributed by atoms with van der Waals surface area (Å²) in [7, 11) is 1.48. The maximum atomic E-state index is 11.7. The first-order chi connectivity index (χ1) is 6.98. The minimum atomic E-state index is -3.35. The molecular formula is C8H16N4O2S. The molecule has 1 aromatic rings. The number of rotatable bonds is 5. The van der Waals surface area contributed by atoms with Crippen LogP contribution in [0.5, 0.6) is 0 Å². The van der Waals surface area contributed by atoms with Crippen LogP contribution in [0.4, 0.5) is 0 Å². The van der Waals surface area contributed by atoms with E-state index in [1.807, 2.05) is 7.05 Å². The highest BCUT2D eigenvalue weighted by Gasteiger charge is 2.18. The Kier molecular flexibility index (Phi) is 3.83. The van der Waals surface area contributed by atoms with E-state index in [1.54, 1.807) is 4.68 Å². The van der Waals surface area contributed by atoms with Gasteiger partial charge in [0.2, 0.25) is 10.0 Å². The normalized spacial score (nSPS) is 12.3. The molecule has 0 saturated heterocycles. The van der Waals surface area contributed by atoms with Crippen molar-refractivity contribution < 1.29 is 8.42 Å². The smallest absolute Gasteiger partial charge is 0.245 e. The highest BCUT2D eigenvalue weighted by atomic mass is 32.2. The van der Waals surface area contributed by atoms with E-state index in [2.05, 4.69) is 10.4 Å². The standard InChI is InChI=1S/C8H16N4O2S/c1-9-4-5-12-7-8(6-10-12)15(13,14)11(2)3/h6-7,9H,4-5H2,1-3H3. The van der Waals surface area contributed by atoms with E-state index in [-0.39, 0.29) is 4.90 Å². The number of hydrogen-bond donors (Lipinski definition) is 1. The van der Waals surface area contributed by atoms with Gasteiger partial charge in [0.1, 0.15) is 4.90 Å². The highest BCUT2D eigenvalue weighted by molar-refractivity contribution is 7.89. The van der Waals surface area contributed by atoms with Gasteiger partial charge < -0.3 is 5.32 Å². The Bertz CT molecular complexity index is 410. The Morgan fingerprint density at radius 2 is 2.20 bits per heavy atom. The second-order valence-corrected chi connectivity index (χ2v) is 5.48. The lowest BCUT2D eigenvalue weighted by Crippen LogP contribution is -2.21. The van der Waals surface area contributed by atoms with Crippen molar-refractivity contribution in [2.45, 2.75) is 11.4 Å². The van der Waals surface area contributed by atoms with Gasteiger partial charge in [0, 0.05) is 26.8 Å². The summed E-state index contributed by atoms with van der Waals surface area (Å²) in [5, 5.41) is 6.94. The summed E-state index contributed by atoms with van der Waals surface area (Å²) in [4.78, 5) is 0.226. The summed E-state index contributed by atoms with van der Waals surface area (Å²) in [5.41, 5.74) is 0. The van der Waals surface area contributed by atoms with Crippen molar-refractivity contribution in [3.8, 4) is 0 Å². The minimum absolute atomic E-state index is 0.226. The molecule has 0 saturated carbocycles. The van der Waals surface area contributed by atoms with Crippen LogP contribution in [-0.2, 0) is 16.6 Å². The van der Waals surface area contributed by atoms with Crippen LogP contribution in [0.25, 0.3) is 0 Å². The zero-order valence-corrected chi connectivity index (χ0v) is 9.95. The van der Waals surface area contributed by atoms with Gasteiger partial charge in [0.15, 0.2) is 0 Å². The lowest BCUT2D eigenvalue weighted by Gasteiger charge is -2.08. The molecule has 0 amide bonds. The van der Waals surface area contributed by atoms with Crippen molar-refractivity contribution in [3.63, 3.8) is 0 Å². The van der Waals surface area contributed by atoms with E-state index in [0.29, 0.717) is 6.54 Å². The fraction of sp³-hybridized carbons (Fsp3) is 0.625. The van der Waals surface area contributed by atoms with Gasteiger partial charge in [-0.15, -0.1) is 0 Å². The largest absolute Gasteiger partial charge is 0.318 e. The van der Waals surface area contributed by atoms with Gasteiger partial charge in [-0.25, -0.2) is 12.7 Å². The van der Waals surface area contributed by atoms with Gasteiger partial charge in [-0.3, -0.25) is 4.68 Å². The van der Waals surface area contributed by atoms with Crippen molar-refractivity contribution in [2.75, 3.05) is 27.7 Å². The molecule has 0 bridgehead atoms. The molecule has 1 aromatic heterocycles. The van der Waals surface area contributed by atoms with Crippen LogP contribution in [-0.4, -0.2) is 50.2 Å². The third-order valence-electron chi connectivity index (χ3n) is 1.98. The van der Waals surface area contributed by atoms with Gasteiger partial charge in [-0.05, 0) is 7.05 Å². The summed E-state index contributed by atoms with van der Waals surface area (Å²) < 4.78 is 26.1. The molecule has 1 N–H and O–H groups in total. The molecule has 0 aliphatic heterocycles. The molecule has 1 heterocycles. The maximum Gasteiger partial charge on any atom is 0.245 e. The summed E-state index contributed by atoms with van der Waals surface area (Å²) in [6, 6.07) is 0. The number of sulfonamides is 1. The molecule has 0 spiro atoms. The number of aromatic nitrogens is 2. The lowest BCUT2D eigenvalue weighted by atomic mass is 10.6. The average Bonchev–Trinajstić information content (AvgIpc) is 2.63. The molecule has 0 aliphatic carbocycles. The zero-order chi connectivity index (χ0) is 11.5. The fourth-order valence-corrected chi connectivity index (χ4v) is 1.89. The van der Waals surface area contributed by atoms with E-state index < -0.39 is 10.0 Å². The van der Waals surface area contributed by atoms with Gasteiger partial charge >= 0.3 is 0 Å². The predicted molar refractivity (Wildman–Crippen MR) is 57.0 cm³/mol. The monoisotopic (exact) mass is 232 g/mol. The summed E-state index contributed by atoms with van der Waals surface area (Å²) in [6.07, 6.45) is 2.90. The van der Waals surface area contributed by atoms with Gasteiger partial charge in [-0.2, -0.15) is 5.10 Å². The molecule has 0 aliphatic rings. The van der Waals surface area contributed by atoms with Crippen molar-refractivity contribution in [2.24, 2.45) is 0 Å². The molecule has 0 radical (unpaired) electrons. The van der Waals surface area contributed by atoms with Gasteiger partial charge in [0.25, 0.3) is 0 Å². The van der Waals surface area contributed by atoms with E-state index >= 15 is 0 Å². The van der Waals surface area contributed by atoms with E-state index in [1.165, 1.54) is 30.8 Å². The molecule has 1 rings (SSSR count). The number of nitrogens with zero attached hydrogens (tertiary/aromatic N) is 3. The van der Waals surface area contributed by atoms with Crippen LogP contribution in [0.3, 0.4) is 0 Å². The second kappa shape index (κ2) is 4.73. The van der Waals surface area contributed by atoms with Crippen LogP contribution in [0.1, 0.15) is 0 Å². The number of nitrogens with one attached hydrogen (secondary N) is 1. The average molecular weight is 232 g/mol. The van der Waals surface area contributed by atoms with Crippen LogP contribution in [0.2, 0.25) is 0 Å². The maximum absolute atomic E-state index is 11.7. The van der Waals surface area contributed by atoms with Gasteiger partial charge in [0.05, 0.1) is 12.7 Å². The first-order valence-electron chi connectivity index (χ1n) is 4.58. The third kappa shape index (κ3) is 2.77. The van der Waals surface area contributed by atoms with Crippen LogP contribution >= 0.6 is 0 Å². The first-order valence-corrected chi connectivity index (χ1v) is 6.02. The number of hydrogen-bond acceptors (Lipinski definition) is 4. The molecule has 0 unspecified atom stereocenters. The first kappa shape index (κ1) is 12.2. The van der Waals surface area contributed by atoms with Crippen molar-refractivity contribution in [3.05, 3.63) is 12.4 Å². The van der Waals surface area contributed by atoms with Crippen molar-refractivity contribution in [1.82, 2.24) is 19.4 Å². The zero-order valence-electron chi connectivity index (χ0n) is 9.14. The summed E-state index contributed by atoms with van der Waals surface area (Å²) >= 11 is 0. The van der Waals surface area contributed by atoms with Gasteiger partial charge in [-0.1, -0.05) is 0 Å². The summed E-state index contributed by atoms with van der Waals surface area (Å²) in [5.74, 6) is 0. The Morgan fingerprint density at radius 1 is 1.53 bits per heavy atom. The Hall–Kier alpha value is -0.920. The summed E-state index contributed by atoms with van der Waals surface area (Å²) in [6.45, 7) is 1.41. The van der Waals surface area contributed by atoms with Crippen LogP contribution < -0.4 is 5.32 Å². The molecular weight excluding hydrogens is 216 g/mol. The predicted octanol–water partition coefficient (Wildman–Crippen LogP) is -0.647. The molecule has 0 atom stereocenters. The molecule has 0 fully saturated rings. The molecule has 86 valence electrons. The molecule has 6 nitrogen and oxygen atoms in total. The van der Waals surface area contributed by atoms with Crippen molar-refractivity contribution in [1.29, 1.82) is 0 Å². The number of likely N-dealkylation sites (N-methyl/N-ethyl adjacent to an activating group) is 1. The third-order valence-corrected chi connectivity index (χ3v) is 3.75. The van der Waals surface area contributed by atoms with Crippen LogP contribution in [0.15, 0.2) is 17.3 Å². The molecule has 15 heavy (non-hydrogen) atoms. The Morgan fingerprint density at radius 3 is 2.73 bits per heavy atom. The Labute approximate surface area is 89.9 Å². The quantitative estimate of drug-likeness (QED) is 0.733. The van der Waals surface area contributed by atoms with E-state index in [9.17, 15) is 8.42 Å². The molecule has 7 heteroatoms. The SMILES string of the molecule is CNCCn1cc(S(=O)(=O)N(C)C)cn1.